The summed E-state index contributed by atoms with van der Waals surface area (Å²) in [6.45, 7) is 3.32. The van der Waals surface area contributed by atoms with Crippen LogP contribution < -0.4 is 25.1 Å². The summed E-state index contributed by atoms with van der Waals surface area (Å²) in [5.41, 5.74) is 17.1. The van der Waals surface area contributed by atoms with Crippen LogP contribution >= 0.6 is 0 Å². The van der Waals surface area contributed by atoms with Crippen molar-refractivity contribution in [3.8, 4) is 17.2 Å². The number of amides is 1. The molecule has 49 heavy (non-hydrogen) atoms. The number of para-hydroxylation sites is 1. The molecular weight excluding hydrogens is 624 g/mol. The Morgan fingerprint density at radius 3 is 2.53 bits per heavy atom. The van der Waals surface area contributed by atoms with Gasteiger partial charge in [-0.15, -0.1) is 0 Å². The van der Waals surface area contributed by atoms with E-state index in [9.17, 15) is 10.3 Å². The van der Waals surface area contributed by atoms with Crippen LogP contribution in [0.4, 0.5) is 5.69 Å². The summed E-state index contributed by atoms with van der Waals surface area (Å²) >= 11 is 0. The molecular formula is C37H40N6O6. The first-order chi connectivity index (χ1) is 24.0. The van der Waals surface area contributed by atoms with E-state index < -0.39 is 17.6 Å². The Bertz CT molecular complexity index is 1790. The fourth-order valence-corrected chi connectivity index (χ4v) is 5.64. The first-order valence-corrected chi connectivity index (χ1v) is 16.1. The molecule has 0 saturated carbocycles. The van der Waals surface area contributed by atoms with Crippen molar-refractivity contribution >= 4 is 17.5 Å². The van der Waals surface area contributed by atoms with Gasteiger partial charge in [0.2, 0.25) is 5.90 Å². The minimum atomic E-state index is -1.55. The Morgan fingerprint density at radius 2 is 1.78 bits per heavy atom. The summed E-state index contributed by atoms with van der Waals surface area (Å²) in [5, 5.41) is 13.0. The Kier molecular flexibility index (Phi) is 12.1. The number of methoxy groups -OCH3 is 1. The number of carbonyl (C=O) groups is 1. The SMILES string of the molecule is CCOc1ccccc1CCNNC(=O)[C@@]1(Cc2ccccc2N=[N+]=[N-])N=C(c2ccc(OCCCO)cc2)O[C@H]1c1cccc(OC)c1. The number of aliphatic hydroxyl groups is 1. The second-order valence-electron chi connectivity index (χ2n) is 11.2. The fourth-order valence-electron chi connectivity index (χ4n) is 5.64. The molecule has 12 nitrogen and oxygen atoms in total. The molecule has 0 unspecified atom stereocenters. The molecule has 1 amide bonds. The maximum Gasteiger partial charge on any atom is 0.266 e. The van der Waals surface area contributed by atoms with Gasteiger partial charge in [0.15, 0.2) is 11.6 Å². The topological polar surface area (TPSA) is 159 Å². The van der Waals surface area contributed by atoms with Crippen LogP contribution in [0.15, 0.2) is 107 Å². The van der Waals surface area contributed by atoms with Gasteiger partial charge in [0.25, 0.3) is 5.91 Å². The fraction of sp³-hybridized carbons (Fsp3) is 0.297. The van der Waals surface area contributed by atoms with Gasteiger partial charge in [0, 0.05) is 42.2 Å². The smallest absolute Gasteiger partial charge is 0.266 e. The van der Waals surface area contributed by atoms with Gasteiger partial charge in [-0.25, -0.2) is 10.4 Å². The third-order valence-electron chi connectivity index (χ3n) is 8.02. The van der Waals surface area contributed by atoms with Crippen LogP contribution in [0.1, 0.15) is 41.7 Å². The minimum absolute atomic E-state index is 0.0385. The molecule has 0 aliphatic carbocycles. The highest BCUT2D eigenvalue weighted by Crippen LogP contribution is 2.44. The predicted molar refractivity (Wildman–Crippen MR) is 186 cm³/mol. The van der Waals surface area contributed by atoms with Crippen LogP contribution in [0.3, 0.4) is 0 Å². The van der Waals surface area contributed by atoms with Crippen molar-refractivity contribution < 1.29 is 28.8 Å². The number of ether oxygens (including phenoxy) is 4. The van der Waals surface area contributed by atoms with Crippen molar-refractivity contribution in [1.82, 2.24) is 10.9 Å². The molecule has 1 aliphatic heterocycles. The minimum Gasteiger partial charge on any atom is -0.497 e. The van der Waals surface area contributed by atoms with Gasteiger partial charge in [0.05, 0.1) is 20.3 Å². The quantitative estimate of drug-likeness (QED) is 0.0401. The van der Waals surface area contributed by atoms with Gasteiger partial charge in [-0.3, -0.25) is 10.2 Å². The van der Waals surface area contributed by atoms with E-state index in [0.29, 0.717) is 66.5 Å². The van der Waals surface area contributed by atoms with E-state index in [1.165, 1.54) is 0 Å². The Hall–Kier alpha value is -5.55. The average Bonchev–Trinajstić information content (AvgIpc) is 3.52. The van der Waals surface area contributed by atoms with Crippen molar-refractivity contribution in [3.63, 3.8) is 0 Å². The van der Waals surface area contributed by atoms with Gasteiger partial charge >= 0.3 is 0 Å². The van der Waals surface area contributed by atoms with Gasteiger partial charge in [-0.05, 0) is 78.0 Å². The van der Waals surface area contributed by atoms with Crippen LogP contribution in [0, 0.1) is 0 Å². The summed E-state index contributed by atoms with van der Waals surface area (Å²) in [6, 6.07) is 29.4. The van der Waals surface area contributed by atoms with Gasteiger partial charge in [-0.2, -0.15) is 0 Å². The number of nitrogens with one attached hydrogen (secondary N) is 2. The number of hydrogen-bond acceptors (Lipinski definition) is 9. The number of benzene rings is 4. The molecule has 3 N–H and O–H groups in total. The number of hydrogen-bond donors (Lipinski definition) is 3. The summed E-state index contributed by atoms with van der Waals surface area (Å²) in [7, 11) is 1.57. The maximum absolute atomic E-state index is 14.6. The van der Waals surface area contributed by atoms with Crippen LogP contribution in [-0.2, 0) is 22.4 Å². The molecule has 4 aromatic rings. The first-order valence-electron chi connectivity index (χ1n) is 16.1. The van der Waals surface area contributed by atoms with E-state index in [1.807, 2.05) is 79.7 Å². The normalized spacial score (nSPS) is 16.6. The largest absolute Gasteiger partial charge is 0.497 e. The molecule has 0 spiro atoms. The summed E-state index contributed by atoms with van der Waals surface area (Å²) < 4.78 is 23.6. The van der Waals surface area contributed by atoms with E-state index in [0.717, 1.165) is 11.3 Å². The lowest BCUT2D eigenvalue weighted by Crippen LogP contribution is -2.54. The standard InChI is InChI=1S/C37H40N6O6/c1-3-47-33-15-7-5-10-26(33)20-21-39-42-36(45)37(25-29-11-4-6-14-32(29)41-43-38)34(28-12-8-13-31(24-28)46-2)49-35(40-37)27-16-18-30(19-17-27)48-23-9-22-44/h4-8,10-19,24,34,39,44H,3,9,20-23,25H2,1-2H3,(H,42,45)/t34-,37-/m0/s1. The summed E-state index contributed by atoms with van der Waals surface area (Å²) in [4.78, 5) is 22.6. The molecule has 4 aromatic carbocycles. The number of carbonyl (C=O) groups excluding carboxylic acids is 1. The molecule has 12 heteroatoms. The molecule has 5 rings (SSSR count). The highest BCUT2D eigenvalue weighted by molar-refractivity contribution is 6.01. The second-order valence-corrected chi connectivity index (χ2v) is 11.2. The molecule has 0 bridgehead atoms. The zero-order chi connectivity index (χ0) is 34.5. The van der Waals surface area contributed by atoms with E-state index in [1.54, 1.807) is 31.4 Å². The lowest BCUT2D eigenvalue weighted by molar-refractivity contribution is -0.130. The van der Waals surface area contributed by atoms with Gasteiger partial charge < -0.3 is 24.1 Å². The number of azide groups is 1. The maximum atomic E-state index is 14.6. The van der Waals surface area contributed by atoms with Crippen LogP contribution in [0.5, 0.6) is 17.2 Å². The number of nitrogens with zero attached hydrogens (tertiary/aromatic N) is 4. The highest BCUT2D eigenvalue weighted by atomic mass is 16.5. The molecule has 1 heterocycles. The third-order valence-corrected chi connectivity index (χ3v) is 8.02. The summed E-state index contributed by atoms with van der Waals surface area (Å²) in [6.07, 6.45) is 0.274. The van der Waals surface area contributed by atoms with E-state index >= 15 is 0 Å². The zero-order valence-electron chi connectivity index (χ0n) is 27.5. The molecule has 2 atom stereocenters. The number of hydrazine groups is 1. The lowest BCUT2D eigenvalue weighted by atomic mass is 9.81. The van der Waals surface area contributed by atoms with Crippen LogP contribution in [0.25, 0.3) is 10.4 Å². The molecule has 0 aromatic heterocycles. The Balaban J connectivity index is 1.52. The second kappa shape index (κ2) is 17.0. The zero-order valence-corrected chi connectivity index (χ0v) is 27.5. The predicted octanol–water partition coefficient (Wildman–Crippen LogP) is 6.16. The number of rotatable bonds is 17. The van der Waals surface area contributed by atoms with Gasteiger partial charge in [0.1, 0.15) is 17.2 Å². The van der Waals surface area contributed by atoms with Crippen LogP contribution in [0.2, 0.25) is 0 Å². The average molecular weight is 665 g/mol. The molecule has 0 radical (unpaired) electrons. The number of aliphatic hydroxyl groups excluding tert-OH is 1. The number of aliphatic imine (C=N–C) groups is 1. The third kappa shape index (κ3) is 8.49. The molecule has 254 valence electrons. The molecule has 1 aliphatic rings. The highest BCUT2D eigenvalue weighted by Gasteiger charge is 2.53. The van der Waals surface area contributed by atoms with Crippen molar-refractivity contribution in [1.29, 1.82) is 0 Å². The van der Waals surface area contributed by atoms with Crippen molar-refractivity contribution in [2.24, 2.45) is 10.1 Å². The van der Waals surface area contributed by atoms with Crippen LogP contribution in [-0.4, -0.2) is 55.9 Å². The van der Waals surface area contributed by atoms with Crippen molar-refractivity contribution in [2.45, 2.75) is 37.8 Å². The van der Waals surface area contributed by atoms with E-state index in [-0.39, 0.29) is 18.9 Å². The monoisotopic (exact) mass is 664 g/mol. The summed E-state index contributed by atoms with van der Waals surface area (Å²) in [5.74, 6) is 1.84. The van der Waals surface area contributed by atoms with Crippen molar-refractivity contribution in [2.75, 3.05) is 33.5 Å². The molecule has 0 fully saturated rings. The Morgan fingerprint density at radius 1 is 1.00 bits per heavy atom. The molecule has 0 saturated heterocycles. The van der Waals surface area contributed by atoms with E-state index in [4.69, 9.17) is 29.0 Å². The first kappa shape index (κ1) is 34.8. The van der Waals surface area contributed by atoms with E-state index in [2.05, 4.69) is 20.9 Å². The van der Waals surface area contributed by atoms with Crippen molar-refractivity contribution in [3.05, 3.63) is 130 Å². The Labute approximate surface area is 285 Å². The van der Waals surface area contributed by atoms with Gasteiger partial charge in [-0.1, -0.05) is 59.7 Å². The lowest BCUT2D eigenvalue weighted by Gasteiger charge is -2.31.